The first-order valence-electron chi connectivity index (χ1n) is 6.42. The summed E-state index contributed by atoms with van der Waals surface area (Å²) in [5, 5.41) is 0. The zero-order valence-corrected chi connectivity index (χ0v) is 11.3. The third-order valence-electron chi connectivity index (χ3n) is 3.27. The summed E-state index contributed by atoms with van der Waals surface area (Å²) in [6.45, 7) is 0. The number of hydroxylamine groups is 1. The lowest BCUT2D eigenvalue weighted by molar-refractivity contribution is -0.0126. The van der Waals surface area contributed by atoms with E-state index in [-0.39, 0.29) is 12.0 Å². The van der Waals surface area contributed by atoms with Gasteiger partial charge in [0.2, 0.25) is 0 Å². The second-order valence-corrected chi connectivity index (χ2v) is 4.52. The van der Waals surface area contributed by atoms with Gasteiger partial charge in [0.1, 0.15) is 11.5 Å². The molecule has 0 bridgehead atoms. The molecular formula is C14H19NO4. The molecule has 1 N–H and O–H groups in total. The van der Waals surface area contributed by atoms with E-state index in [9.17, 15) is 4.79 Å². The molecule has 5 heteroatoms. The van der Waals surface area contributed by atoms with Crippen molar-refractivity contribution in [3.63, 3.8) is 0 Å². The number of ether oxygens (including phenoxy) is 2. The molecule has 0 aliphatic heterocycles. The number of nitrogens with one attached hydrogen (secondary N) is 1. The van der Waals surface area contributed by atoms with Crippen LogP contribution in [0.5, 0.6) is 11.5 Å². The summed E-state index contributed by atoms with van der Waals surface area (Å²) in [6, 6.07) is 5.04. The molecular weight excluding hydrogens is 246 g/mol. The highest BCUT2D eigenvalue weighted by atomic mass is 16.7. The van der Waals surface area contributed by atoms with Crippen molar-refractivity contribution in [2.24, 2.45) is 0 Å². The summed E-state index contributed by atoms with van der Waals surface area (Å²) in [4.78, 5) is 17.4. The van der Waals surface area contributed by atoms with E-state index >= 15 is 0 Å². The average molecular weight is 265 g/mol. The number of amides is 1. The van der Waals surface area contributed by atoms with Gasteiger partial charge in [-0.05, 0) is 25.0 Å². The fraction of sp³-hybridized carbons (Fsp3) is 0.500. The Balaban J connectivity index is 2.01. The largest absolute Gasteiger partial charge is 0.497 e. The maximum absolute atomic E-state index is 12.0. The molecule has 2 rings (SSSR count). The number of hydrogen-bond donors (Lipinski definition) is 1. The van der Waals surface area contributed by atoms with Crippen molar-refractivity contribution in [1.82, 2.24) is 5.48 Å². The van der Waals surface area contributed by atoms with Crippen molar-refractivity contribution in [2.45, 2.75) is 31.8 Å². The second-order valence-electron chi connectivity index (χ2n) is 4.52. The van der Waals surface area contributed by atoms with E-state index in [2.05, 4.69) is 5.48 Å². The molecule has 0 atom stereocenters. The minimum atomic E-state index is -0.300. The van der Waals surface area contributed by atoms with Crippen molar-refractivity contribution >= 4 is 5.91 Å². The SMILES string of the molecule is COc1ccc(C(=O)NOC2CCCC2)c(OC)c1. The van der Waals surface area contributed by atoms with Gasteiger partial charge in [0.15, 0.2) is 0 Å². The summed E-state index contributed by atoms with van der Waals surface area (Å²) < 4.78 is 10.3. The Hall–Kier alpha value is -1.75. The molecule has 0 unspecified atom stereocenters. The van der Waals surface area contributed by atoms with Gasteiger partial charge in [-0.2, -0.15) is 0 Å². The number of benzene rings is 1. The first kappa shape index (κ1) is 13.7. The molecule has 0 spiro atoms. The average Bonchev–Trinajstić information content (AvgIpc) is 2.97. The van der Waals surface area contributed by atoms with E-state index in [0.717, 1.165) is 25.7 Å². The normalized spacial score (nSPS) is 15.3. The van der Waals surface area contributed by atoms with Crippen molar-refractivity contribution < 1.29 is 19.1 Å². The van der Waals surface area contributed by atoms with Gasteiger partial charge in [0.05, 0.1) is 25.9 Å². The molecule has 1 saturated carbocycles. The number of hydrogen-bond acceptors (Lipinski definition) is 4. The summed E-state index contributed by atoms with van der Waals surface area (Å²) in [6.07, 6.45) is 4.45. The van der Waals surface area contributed by atoms with E-state index in [1.807, 2.05) is 0 Å². The lowest BCUT2D eigenvalue weighted by atomic mass is 10.2. The zero-order valence-electron chi connectivity index (χ0n) is 11.3. The van der Waals surface area contributed by atoms with E-state index in [4.69, 9.17) is 14.3 Å². The molecule has 1 aliphatic rings. The second kappa shape index (κ2) is 6.43. The van der Waals surface area contributed by atoms with Gasteiger partial charge in [-0.1, -0.05) is 12.8 Å². The fourth-order valence-corrected chi connectivity index (χ4v) is 2.18. The monoisotopic (exact) mass is 265 g/mol. The highest BCUT2D eigenvalue weighted by Crippen LogP contribution is 2.25. The van der Waals surface area contributed by atoms with E-state index < -0.39 is 0 Å². The highest BCUT2D eigenvalue weighted by molar-refractivity contribution is 5.96. The molecule has 104 valence electrons. The molecule has 0 aromatic heterocycles. The predicted octanol–water partition coefficient (Wildman–Crippen LogP) is 2.31. The Kier molecular flexibility index (Phi) is 4.63. The molecule has 1 amide bonds. The quantitative estimate of drug-likeness (QED) is 0.830. The maximum Gasteiger partial charge on any atom is 0.278 e. The summed E-state index contributed by atoms with van der Waals surface area (Å²) in [5.74, 6) is 0.809. The molecule has 19 heavy (non-hydrogen) atoms. The van der Waals surface area contributed by atoms with Crippen LogP contribution in [0.1, 0.15) is 36.0 Å². The van der Waals surface area contributed by atoms with Crippen molar-refractivity contribution in [1.29, 1.82) is 0 Å². The van der Waals surface area contributed by atoms with Crippen LogP contribution in [0.2, 0.25) is 0 Å². The van der Waals surface area contributed by atoms with Crippen LogP contribution in [-0.2, 0) is 4.84 Å². The Labute approximate surface area is 112 Å². The van der Waals surface area contributed by atoms with Crippen molar-refractivity contribution in [3.05, 3.63) is 23.8 Å². The summed E-state index contributed by atoms with van der Waals surface area (Å²) >= 11 is 0. The van der Waals surface area contributed by atoms with Gasteiger partial charge in [-0.3, -0.25) is 9.63 Å². The molecule has 0 saturated heterocycles. The van der Waals surface area contributed by atoms with Crippen LogP contribution in [0.25, 0.3) is 0 Å². The lowest BCUT2D eigenvalue weighted by Crippen LogP contribution is -2.28. The molecule has 1 aromatic carbocycles. The van der Waals surface area contributed by atoms with Crippen LogP contribution >= 0.6 is 0 Å². The van der Waals surface area contributed by atoms with Gasteiger partial charge in [0, 0.05) is 6.07 Å². The van der Waals surface area contributed by atoms with E-state index in [1.54, 1.807) is 25.3 Å². The third kappa shape index (κ3) is 3.38. The van der Waals surface area contributed by atoms with E-state index in [0.29, 0.717) is 17.1 Å². The third-order valence-corrected chi connectivity index (χ3v) is 3.27. The maximum atomic E-state index is 12.0. The molecule has 1 fully saturated rings. The molecule has 1 aromatic rings. The Bertz CT molecular complexity index is 441. The van der Waals surface area contributed by atoms with Crippen LogP contribution in [-0.4, -0.2) is 26.2 Å². The van der Waals surface area contributed by atoms with Crippen molar-refractivity contribution in [2.75, 3.05) is 14.2 Å². The molecule has 0 radical (unpaired) electrons. The summed E-state index contributed by atoms with van der Waals surface area (Å²) in [7, 11) is 3.08. The Morgan fingerprint density at radius 1 is 1.21 bits per heavy atom. The summed E-state index contributed by atoms with van der Waals surface area (Å²) in [5.41, 5.74) is 2.93. The minimum absolute atomic E-state index is 0.133. The number of carbonyl (C=O) groups is 1. The van der Waals surface area contributed by atoms with Gasteiger partial charge < -0.3 is 9.47 Å². The Morgan fingerprint density at radius 3 is 2.58 bits per heavy atom. The van der Waals surface area contributed by atoms with Crippen LogP contribution < -0.4 is 15.0 Å². The first-order valence-corrected chi connectivity index (χ1v) is 6.42. The molecule has 0 heterocycles. The zero-order chi connectivity index (χ0) is 13.7. The van der Waals surface area contributed by atoms with Crippen molar-refractivity contribution in [3.8, 4) is 11.5 Å². The predicted molar refractivity (Wildman–Crippen MR) is 70.4 cm³/mol. The van der Waals surface area contributed by atoms with Crippen LogP contribution in [0.3, 0.4) is 0 Å². The standard InChI is InChI=1S/C14H19NO4/c1-17-11-7-8-12(13(9-11)18-2)14(16)15-19-10-5-3-4-6-10/h7-10H,3-6H2,1-2H3,(H,15,16). The highest BCUT2D eigenvalue weighted by Gasteiger charge is 2.19. The number of carbonyl (C=O) groups excluding carboxylic acids is 1. The van der Waals surface area contributed by atoms with Crippen LogP contribution in [0.4, 0.5) is 0 Å². The smallest absolute Gasteiger partial charge is 0.278 e. The minimum Gasteiger partial charge on any atom is -0.497 e. The van der Waals surface area contributed by atoms with Crippen LogP contribution in [0, 0.1) is 0 Å². The topological polar surface area (TPSA) is 56.8 Å². The van der Waals surface area contributed by atoms with E-state index in [1.165, 1.54) is 7.11 Å². The van der Waals surface area contributed by atoms with Gasteiger partial charge in [0.25, 0.3) is 5.91 Å². The Morgan fingerprint density at radius 2 is 1.95 bits per heavy atom. The molecule has 5 nitrogen and oxygen atoms in total. The first-order chi connectivity index (χ1) is 9.24. The fourth-order valence-electron chi connectivity index (χ4n) is 2.18. The van der Waals surface area contributed by atoms with Crippen LogP contribution in [0.15, 0.2) is 18.2 Å². The lowest BCUT2D eigenvalue weighted by Gasteiger charge is -2.13. The van der Waals surface area contributed by atoms with Gasteiger partial charge >= 0.3 is 0 Å². The molecule has 1 aliphatic carbocycles. The number of methoxy groups -OCH3 is 2. The number of rotatable bonds is 5. The van der Waals surface area contributed by atoms with Gasteiger partial charge in [-0.25, -0.2) is 5.48 Å². The van der Waals surface area contributed by atoms with Gasteiger partial charge in [-0.15, -0.1) is 0 Å².